The van der Waals surface area contributed by atoms with Gasteiger partial charge in [0.2, 0.25) is 17.8 Å². The Bertz CT molecular complexity index is 752. The van der Waals surface area contributed by atoms with Crippen molar-refractivity contribution in [3.05, 3.63) is 35.7 Å². The number of nitrogens with one attached hydrogen (secondary N) is 3. The molecule has 3 N–H and O–H groups in total. The van der Waals surface area contributed by atoms with E-state index in [0.717, 1.165) is 5.57 Å². The lowest BCUT2D eigenvalue weighted by Gasteiger charge is -2.32. The Labute approximate surface area is 139 Å². The molecule has 0 radical (unpaired) electrons. The minimum absolute atomic E-state index is 0.0308. The monoisotopic (exact) mass is 329 g/mol. The maximum absolute atomic E-state index is 12.7. The summed E-state index contributed by atoms with van der Waals surface area (Å²) < 4.78 is 5.24. The number of ether oxygens (including phenoxy) is 1. The quantitative estimate of drug-likeness (QED) is 0.767. The maximum atomic E-state index is 12.7. The van der Waals surface area contributed by atoms with Gasteiger partial charge in [0.1, 0.15) is 17.6 Å². The molecule has 1 atom stereocenters. The topological polar surface area (TPSA) is 95.1 Å². The fraction of sp³-hybridized carbons (Fsp3) is 0.312. The molecule has 1 unspecified atom stereocenters. The first-order chi connectivity index (χ1) is 11.5. The molecule has 1 fully saturated rings. The van der Waals surface area contributed by atoms with Crippen LogP contribution in [-0.4, -0.2) is 35.9 Å². The summed E-state index contributed by atoms with van der Waals surface area (Å²) in [6, 6.07) is 6.41. The number of carbonyl (C=O) groups is 2. The van der Waals surface area contributed by atoms with Crippen LogP contribution in [0.4, 0.5) is 5.69 Å². The second-order valence-corrected chi connectivity index (χ2v) is 5.72. The molecule has 0 bridgehead atoms. The average molecular weight is 329 g/mol. The number of fused-ring (bicyclic) bond motifs is 1. The SMILES string of the molecule is COc1ccccc1NC(=O)C1CC(=O)NC2=NC(=C(C)C)NN21. The van der Waals surface area contributed by atoms with Crippen molar-refractivity contribution < 1.29 is 14.3 Å². The van der Waals surface area contributed by atoms with Crippen LogP contribution < -0.4 is 20.8 Å². The number of hydrogen-bond acceptors (Lipinski definition) is 6. The highest BCUT2D eigenvalue weighted by Gasteiger charge is 2.39. The number of nitrogens with zero attached hydrogens (tertiary/aromatic N) is 2. The third-order valence-electron chi connectivity index (χ3n) is 3.75. The lowest BCUT2D eigenvalue weighted by molar-refractivity contribution is -0.129. The van der Waals surface area contributed by atoms with E-state index in [-0.39, 0.29) is 18.2 Å². The van der Waals surface area contributed by atoms with E-state index < -0.39 is 6.04 Å². The van der Waals surface area contributed by atoms with E-state index in [9.17, 15) is 9.59 Å². The number of aliphatic imine (C=N–C) groups is 1. The molecular formula is C16H19N5O3. The molecule has 24 heavy (non-hydrogen) atoms. The molecule has 2 aliphatic heterocycles. The van der Waals surface area contributed by atoms with Gasteiger partial charge in [0.25, 0.3) is 0 Å². The van der Waals surface area contributed by atoms with Gasteiger partial charge in [0.15, 0.2) is 0 Å². The van der Waals surface area contributed by atoms with Crippen molar-refractivity contribution in [2.24, 2.45) is 4.99 Å². The standard InChI is InChI=1S/C16H19N5O3/c1-9(2)14-19-16-18-13(22)8-11(21(16)20-14)15(23)17-10-6-4-5-7-12(10)24-3/h4-7,11,20H,8H2,1-3H3,(H,17,23)(H,18,19,22). The molecule has 0 aromatic heterocycles. The number of guanidine groups is 1. The number of para-hydroxylation sites is 2. The van der Waals surface area contributed by atoms with Crippen LogP contribution in [0.1, 0.15) is 20.3 Å². The predicted molar refractivity (Wildman–Crippen MR) is 89.0 cm³/mol. The van der Waals surface area contributed by atoms with E-state index in [1.807, 2.05) is 19.9 Å². The highest BCUT2D eigenvalue weighted by Crippen LogP contribution is 2.25. The van der Waals surface area contributed by atoms with Crippen molar-refractivity contribution in [3.8, 4) is 5.75 Å². The molecule has 3 rings (SSSR count). The van der Waals surface area contributed by atoms with Crippen LogP contribution in [0.5, 0.6) is 5.75 Å². The predicted octanol–water partition coefficient (Wildman–Crippen LogP) is 0.950. The van der Waals surface area contributed by atoms with Gasteiger partial charge in [-0.2, -0.15) is 4.99 Å². The number of methoxy groups -OCH3 is 1. The Hall–Kier alpha value is -3.03. The molecule has 2 heterocycles. The summed E-state index contributed by atoms with van der Waals surface area (Å²) in [5.41, 5.74) is 4.57. The highest BCUT2D eigenvalue weighted by molar-refractivity contribution is 6.08. The number of anilines is 1. The van der Waals surface area contributed by atoms with Gasteiger partial charge in [-0.3, -0.25) is 20.3 Å². The van der Waals surface area contributed by atoms with Gasteiger partial charge >= 0.3 is 0 Å². The van der Waals surface area contributed by atoms with Crippen LogP contribution in [0, 0.1) is 0 Å². The lowest BCUT2D eigenvalue weighted by Crippen LogP contribution is -2.61. The van der Waals surface area contributed by atoms with Crippen molar-refractivity contribution in [2.45, 2.75) is 26.3 Å². The van der Waals surface area contributed by atoms with E-state index in [2.05, 4.69) is 21.1 Å². The van der Waals surface area contributed by atoms with Crippen LogP contribution >= 0.6 is 0 Å². The fourth-order valence-electron chi connectivity index (χ4n) is 2.51. The molecule has 8 heteroatoms. The highest BCUT2D eigenvalue weighted by atomic mass is 16.5. The van der Waals surface area contributed by atoms with Crippen molar-refractivity contribution in [3.63, 3.8) is 0 Å². The Morgan fingerprint density at radius 3 is 2.83 bits per heavy atom. The third-order valence-corrected chi connectivity index (χ3v) is 3.75. The maximum Gasteiger partial charge on any atom is 0.249 e. The third kappa shape index (κ3) is 2.90. The minimum Gasteiger partial charge on any atom is -0.495 e. The second-order valence-electron chi connectivity index (χ2n) is 5.72. The zero-order valence-electron chi connectivity index (χ0n) is 13.7. The molecule has 126 valence electrons. The molecule has 0 aliphatic carbocycles. The number of benzene rings is 1. The van der Waals surface area contributed by atoms with Crippen molar-refractivity contribution in [1.29, 1.82) is 0 Å². The van der Waals surface area contributed by atoms with Gasteiger partial charge in [-0.05, 0) is 31.6 Å². The first-order valence-electron chi connectivity index (χ1n) is 7.55. The molecule has 1 saturated heterocycles. The number of amides is 2. The van der Waals surface area contributed by atoms with E-state index in [4.69, 9.17) is 4.74 Å². The Balaban J connectivity index is 1.83. The van der Waals surface area contributed by atoms with E-state index >= 15 is 0 Å². The summed E-state index contributed by atoms with van der Waals surface area (Å²) in [5, 5.41) is 7.06. The van der Waals surface area contributed by atoms with Crippen LogP contribution in [0.3, 0.4) is 0 Å². The second kappa shape index (κ2) is 6.23. The Kier molecular flexibility index (Phi) is 4.11. The number of hydrogen-bond donors (Lipinski definition) is 3. The van der Waals surface area contributed by atoms with Gasteiger partial charge < -0.3 is 10.1 Å². The minimum atomic E-state index is -0.709. The van der Waals surface area contributed by atoms with Gasteiger partial charge in [0, 0.05) is 0 Å². The summed E-state index contributed by atoms with van der Waals surface area (Å²) in [7, 11) is 1.53. The van der Waals surface area contributed by atoms with Crippen molar-refractivity contribution in [1.82, 2.24) is 15.8 Å². The summed E-state index contributed by atoms with van der Waals surface area (Å²) >= 11 is 0. The summed E-state index contributed by atoms with van der Waals surface area (Å²) in [5.74, 6) is 0.954. The van der Waals surface area contributed by atoms with E-state index in [1.54, 1.807) is 23.2 Å². The molecular weight excluding hydrogens is 310 g/mol. The van der Waals surface area contributed by atoms with Crippen molar-refractivity contribution in [2.75, 3.05) is 12.4 Å². The van der Waals surface area contributed by atoms with Crippen LogP contribution in [-0.2, 0) is 9.59 Å². The Morgan fingerprint density at radius 2 is 2.12 bits per heavy atom. The number of hydrazine groups is 1. The largest absolute Gasteiger partial charge is 0.495 e. The smallest absolute Gasteiger partial charge is 0.249 e. The molecule has 1 aromatic rings. The lowest BCUT2D eigenvalue weighted by atomic mass is 10.1. The zero-order valence-corrected chi connectivity index (χ0v) is 13.7. The molecule has 0 saturated carbocycles. The normalized spacial score (nSPS) is 19.0. The average Bonchev–Trinajstić information content (AvgIpc) is 2.98. The summed E-state index contributed by atoms with van der Waals surface area (Å²) in [4.78, 5) is 28.9. The molecule has 1 aromatic carbocycles. The molecule has 2 aliphatic rings. The number of carbonyl (C=O) groups excluding carboxylic acids is 2. The van der Waals surface area contributed by atoms with Crippen LogP contribution in [0.2, 0.25) is 0 Å². The molecule has 2 amide bonds. The number of rotatable bonds is 3. The van der Waals surface area contributed by atoms with Crippen LogP contribution in [0.25, 0.3) is 0 Å². The van der Waals surface area contributed by atoms with Crippen molar-refractivity contribution >= 4 is 23.5 Å². The molecule has 8 nitrogen and oxygen atoms in total. The Morgan fingerprint density at radius 1 is 1.38 bits per heavy atom. The van der Waals surface area contributed by atoms with Gasteiger partial charge in [0.05, 0.1) is 19.2 Å². The van der Waals surface area contributed by atoms with Gasteiger partial charge in [-0.1, -0.05) is 12.1 Å². The first-order valence-corrected chi connectivity index (χ1v) is 7.55. The van der Waals surface area contributed by atoms with Crippen LogP contribution in [0.15, 0.2) is 40.7 Å². The molecule has 0 spiro atoms. The summed E-state index contributed by atoms with van der Waals surface area (Å²) in [6.07, 6.45) is 0.0308. The van der Waals surface area contributed by atoms with Gasteiger partial charge in [-0.25, -0.2) is 5.01 Å². The van der Waals surface area contributed by atoms with E-state index in [1.165, 1.54) is 7.11 Å². The van der Waals surface area contributed by atoms with Gasteiger partial charge in [-0.15, -0.1) is 0 Å². The van der Waals surface area contributed by atoms with E-state index in [0.29, 0.717) is 23.2 Å². The summed E-state index contributed by atoms with van der Waals surface area (Å²) in [6.45, 7) is 3.80. The fourth-order valence-corrected chi connectivity index (χ4v) is 2.51. The number of allylic oxidation sites excluding steroid dienone is 1. The first kappa shape index (κ1) is 15.9. The zero-order chi connectivity index (χ0) is 17.3.